The SMILES string of the molecule is O=Cc1cc(I)cc(Br)c1F. The Balaban J connectivity index is 3.35. The van der Waals surface area contributed by atoms with Gasteiger partial charge in [-0.1, -0.05) is 0 Å². The third kappa shape index (κ3) is 1.99. The quantitative estimate of drug-likeness (QED) is 0.440. The summed E-state index contributed by atoms with van der Waals surface area (Å²) in [6, 6.07) is 3.11. The number of carbonyl (C=O) groups is 1. The maximum atomic E-state index is 12.9. The topological polar surface area (TPSA) is 17.1 Å². The lowest BCUT2D eigenvalue weighted by Gasteiger charge is -1.97. The molecule has 0 heterocycles. The first-order valence-corrected chi connectivity index (χ1v) is 4.62. The number of halogens is 3. The molecule has 0 unspecified atom stereocenters. The number of aldehydes is 1. The monoisotopic (exact) mass is 328 g/mol. The van der Waals surface area contributed by atoms with Gasteiger partial charge in [0.2, 0.25) is 0 Å². The molecule has 58 valence electrons. The molecule has 0 spiro atoms. The van der Waals surface area contributed by atoms with Crippen LogP contribution in [0.5, 0.6) is 0 Å². The molecule has 0 saturated heterocycles. The third-order valence-corrected chi connectivity index (χ3v) is 2.35. The van der Waals surface area contributed by atoms with Crippen LogP contribution in [0.3, 0.4) is 0 Å². The van der Waals surface area contributed by atoms with Gasteiger partial charge < -0.3 is 0 Å². The van der Waals surface area contributed by atoms with E-state index < -0.39 is 5.82 Å². The van der Waals surface area contributed by atoms with Gasteiger partial charge in [0.25, 0.3) is 0 Å². The number of carbonyl (C=O) groups excluding carboxylic acids is 1. The van der Waals surface area contributed by atoms with Crippen LogP contribution in [0.15, 0.2) is 16.6 Å². The van der Waals surface area contributed by atoms with Crippen molar-refractivity contribution in [2.75, 3.05) is 0 Å². The zero-order valence-electron chi connectivity index (χ0n) is 5.27. The molecule has 0 radical (unpaired) electrons. The lowest BCUT2D eigenvalue weighted by atomic mass is 10.2. The smallest absolute Gasteiger partial charge is 0.153 e. The Morgan fingerprint density at radius 1 is 1.55 bits per heavy atom. The minimum atomic E-state index is -0.500. The Bertz CT molecular complexity index is 301. The van der Waals surface area contributed by atoms with E-state index in [1.165, 1.54) is 6.07 Å². The van der Waals surface area contributed by atoms with E-state index in [-0.39, 0.29) is 5.56 Å². The van der Waals surface area contributed by atoms with Crippen LogP contribution in [0.2, 0.25) is 0 Å². The van der Waals surface area contributed by atoms with E-state index in [1.54, 1.807) is 6.07 Å². The zero-order chi connectivity index (χ0) is 8.43. The molecule has 0 aliphatic rings. The average Bonchev–Trinajstić information content (AvgIpc) is 1.96. The molecule has 0 N–H and O–H groups in total. The van der Waals surface area contributed by atoms with Crippen molar-refractivity contribution >= 4 is 44.8 Å². The highest BCUT2D eigenvalue weighted by Crippen LogP contribution is 2.21. The largest absolute Gasteiger partial charge is 0.298 e. The summed E-state index contributed by atoms with van der Waals surface area (Å²) in [6.45, 7) is 0. The van der Waals surface area contributed by atoms with E-state index in [1.807, 2.05) is 22.6 Å². The molecule has 0 aromatic heterocycles. The van der Waals surface area contributed by atoms with Crippen molar-refractivity contribution < 1.29 is 9.18 Å². The fourth-order valence-electron chi connectivity index (χ4n) is 0.662. The van der Waals surface area contributed by atoms with Gasteiger partial charge in [-0.2, -0.15) is 0 Å². The molecule has 1 aromatic rings. The Kier molecular flexibility index (Phi) is 3.00. The van der Waals surface area contributed by atoms with Gasteiger partial charge in [-0.25, -0.2) is 4.39 Å². The van der Waals surface area contributed by atoms with Crippen molar-refractivity contribution in [2.45, 2.75) is 0 Å². The van der Waals surface area contributed by atoms with Crippen LogP contribution in [-0.4, -0.2) is 6.29 Å². The maximum Gasteiger partial charge on any atom is 0.153 e. The van der Waals surface area contributed by atoms with Crippen LogP contribution in [-0.2, 0) is 0 Å². The predicted molar refractivity (Wildman–Crippen MR) is 52.2 cm³/mol. The van der Waals surface area contributed by atoms with Crippen molar-refractivity contribution in [2.24, 2.45) is 0 Å². The molecule has 11 heavy (non-hydrogen) atoms. The van der Waals surface area contributed by atoms with Gasteiger partial charge in [0, 0.05) is 3.57 Å². The second-order valence-electron chi connectivity index (χ2n) is 1.91. The molecular weight excluding hydrogens is 326 g/mol. The molecule has 1 aromatic carbocycles. The van der Waals surface area contributed by atoms with Crippen LogP contribution in [0, 0.1) is 9.39 Å². The van der Waals surface area contributed by atoms with Gasteiger partial charge in [0.1, 0.15) is 5.82 Å². The summed E-state index contributed by atoms with van der Waals surface area (Å²) in [7, 11) is 0. The first kappa shape index (κ1) is 9.12. The van der Waals surface area contributed by atoms with E-state index in [0.717, 1.165) is 3.57 Å². The normalized spacial score (nSPS) is 9.73. The fourth-order valence-corrected chi connectivity index (χ4v) is 2.21. The number of hydrogen-bond acceptors (Lipinski definition) is 1. The van der Waals surface area contributed by atoms with E-state index in [0.29, 0.717) is 10.8 Å². The number of rotatable bonds is 1. The summed E-state index contributed by atoms with van der Waals surface area (Å²) < 4.78 is 14.1. The summed E-state index contributed by atoms with van der Waals surface area (Å²) in [5, 5.41) is 0. The van der Waals surface area contributed by atoms with Crippen molar-refractivity contribution in [3.63, 3.8) is 0 Å². The van der Waals surface area contributed by atoms with Crippen LogP contribution in [0.25, 0.3) is 0 Å². The molecular formula is C7H3BrFIO. The van der Waals surface area contributed by atoms with Crippen LogP contribution in [0.4, 0.5) is 4.39 Å². The highest BCUT2D eigenvalue weighted by molar-refractivity contribution is 14.1. The van der Waals surface area contributed by atoms with Crippen molar-refractivity contribution in [3.05, 3.63) is 31.6 Å². The summed E-state index contributed by atoms with van der Waals surface area (Å²) >= 11 is 5.01. The Morgan fingerprint density at radius 3 is 2.73 bits per heavy atom. The summed E-state index contributed by atoms with van der Waals surface area (Å²) in [5.74, 6) is -0.500. The molecule has 0 fully saturated rings. The van der Waals surface area contributed by atoms with E-state index in [2.05, 4.69) is 15.9 Å². The van der Waals surface area contributed by atoms with E-state index >= 15 is 0 Å². The number of benzene rings is 1. The molecule has 1 nitrogen and oxygen atoms in total. The lowest BCUT2D eigenvalue weighted by Crippen LogP contribution is -1.89. The van der Waals surface area contributed by atoms with E-state index in [9.17, 15) is 9.18 Å². The molecule has 0 aliphatic heterocycles. The molecule has 1 rings (SSSR count). The van der Waals surface area contributed by atoms with Crippen molar-refractivity contribution in [1.82, 2.24) is 0 Å². The fraction of sp³-hybridized carbons (Fsp3) is 0. The minimum Gasteiger partial charge on any atom is -0.298 e. The van der Waals surface area contributed by atoms with Crippen molar-refractivity contribution in [1.29, 1.82) is 0 Å². The highest BCUT2D eigenvalue weighted by atomic mass is 127. The van der Waals surface area contributed by atoms with Crippen molar-refractivity contribution in [3.8, 4) is 0 Å². The summed E-state index contributed by atoms with van der Waals surface area (Å²) in [5.41, 5.74) is 0.0868. The molecule has 0 aliphatic carbocycles. The maximum absolute atomic E-state index is 12.9. The van der Waals surface area contributed by atoms with Gasteiger partial charge in [-0.3, -0.25) is 4.79 Å². The van der Waals surface area contributed by atoms with Gasteiger partial charge in [-0.05, 0) is 50.7 Å². The second-order valence-corrected chi connectivity index (χ2v) is 4.01. The molecule has 0 amide bonds. The van der Waals surface area contributed by atoms with E-state index in [4.69, 9.17) is 0 Å². The zero-order valence-corrected chi connectivity index (χ0v) is 9.02. The molecule has 0 bridgehead atoms. The van der Waals surface area contributed by atoms with Crippen LogP contribution < -0.4 is 0 Å². The Morgan fingerprint density at radius 2 is 2.18 bits per heavy atom. The second kappa shape index (κ2) is 3.62. The number of hydrogen-bond donors (Lipinski definition) is 0. The molecule has 0 saturated carbocycles. The Labute approximate surface area is 85.3 Å². The Hall–Kier alpha value is 0.0300. The average molecular weight is 329 g/mol. The first-order valence-electron chi connectivity index (χ1n) is 2.75. The summed E-state index contributed by atoms with van der Waals surface area (Å²) in [4.78, 5) is 10.3. The summed E-state index contributed by atoms with van der Waals surface area (Å²) in [6.07, 6.45) is 0.502. The predicted octanol–water partition coefficient (Wildman–Crippen LogP) is 3.01. The molecule has 0 atom stereocenters. The standard InChI is InChI=1S/C7H3BrFIO/c8-6-2-5(10)1-4(3-11)7(6)9/h1-3H. The molecule has 4 heteroatoms. The van der Waals surface area contributed by atoms with Crippen LogP contribution >= 0.6 is 38.5 Å². The third-order valence-electron chi connectivity index (χ3n) is 1.15. The lowest BCUT2D eigenvalue weighted by molar-refractivity contribution is 0.111. The van der Waals surface area contributed by atoms with Gasteiger partial charge in [-0.15, -0.1) is 0 Å². The van der Waals surface area contributed by atoms with Gasteiger partial charge >= 0.3 is 0 Å². The first-order chi connectivity index (χ1) is 5.15. The van der Waals surface area contributed by atoms with Crippen LogP contribution in [0.1, 0.15) is 10.4 Å². The van der Waals surface area contributed by atoms with Gasteiger partial charge in [0.05, 0.1) is 10.0 Å². The van der Waals surface area contributed by atoms with Gasteiger partial charge in [0.15, 0.2) is 6.29 Å². The minimum absolute atomic E-state index is 0.0868. The highest BCUT2D eigenvalue weighted by Gasteiger charge is 2.06.